The second kappa shape index (κ2) is 4.59. The van der Waals surface area contributed by atoms with Crippen LogP contribution in [0.25, 0.3) is 0 Å². The molecule has 0 aromatic heterocycles. The molecule has 98 valence electrons. The number of hydrogen-bond donors (Lipinski definition) is 1. The lowest BCUT2D eigenvalue weighted by Crippen LogP contribution is -2.32. The number of carbonyl (C=O) groups is 1. The minimum absolute atomic E-state index is 0.142. The molecule has 1 aliphatic rings. The Morgan fingerprint density at radius 1 is 1.28 bits per heavy atom. The zero-order valence-corrected chi connectivity index (χ0v) is 9.35. The Kier molecular flexibility index (Phi) is 3.28. The van der Waals surface area contributed by atoms with Gasteiger partial charge >= 0.3 is 6.18 Å². The predicted molar refractivity (Wildman–Crippen MR) is 56.4 cm³/mol. The van der Waals surface area contributed by atoms with Gasteiger partial charge in [0.2, 0.25) is 5.91 Å². The number of amides is 1. The summed E-state index contributed by atoms with van der Waals surface area (Å²) in [6, 6.07) is 2.93. The third kappa shape index (κ3) is 2.63. The van der Waals surface area contributed by atoms with Gasteiger partial charge in [0.05, 0.1) is 5.56 Å². The summed E-state index contributed by atoms with van der Waals surface area (Å²) in [6.45, 7) is 0.433. The number of alkyl halides is 3. The van der Waals surface area contributed by atoms with E-state index in [1.54, 1.807) is 0 Å². The first-order valence-electron chi connectivity index (χ1n) is 5.51. The molecule has 0 aliphatic carbocycles. The fourth-order valence-corrected chi connectivity index (χ4v) is 2.08. The van der Waals surface area contributed by atoms with E-state index in [1.807, 2.05) is 0 Å². The third-order valence-corrected chi connectivity index (χ3v) is 3.01. The molecule has 1 atom stereocenters. The van der Waals surface area contributed by atoms with Crippen molar-refractivity contribution in [3.8, 4) is 0 Å². The van der Waals surface area contributed by atoms with E-state index >= 15 is 0 Å². The second-order valence-electron chi connectivity index (χ2n) is 4.28. The summed E-state index contributed by atoms with van der Waals surface area (Å²) >= 11 is 0. The predicted octanol–water partition coefficient (Wildman–Crippen LogP) is 2.84. The molecule has 1 saturated heterocycles. The van der Waals surface area contributed by atoms with Crippen LogP contribution >= 0.6 is 0 Å². The lowest BCUT2D eigenvalue weighted by Gasteiger charge is -2.23. The highest BCUT2D eigenvalue weighted by molar-refractivity contribution is 5.77. The van der Waals surface area contributed by atoms with E-state index < -0.39 is 17.6 Å². The minimum atomic E-state index is -4.71. The molecule has 1 heterocycles. The standard InChI is InChI=1S/C12H11F4NO/c13-10-2-1-7(5-9(10)12(14,15)16)8-3-4-17-11(18)6-8/h1-2,5,8H,3-4,6H2,(H,17,18). The van der Waals surface area contributed by atoms with E-state index in [-0.39, 0.29) is 18.2 Å². The summed E-state index contributed by atoms with van der Waals surface area (Å²) in [4.78, 5) is 11.2. The first-order chi connectivity index (χ1) is 8.38. The maximum atomic E-state index is 13.1. The highest BCUT2D eigenvalue weighted by Crippen LogP contribution is 2.35. The van der Waals surface area contributed by atoms with Crippen molar-refractivity contribution < 1.29 is 22.4 Å². The summed E-state index contributed by atoms with van der Waals surface area (Å²) in [5.41, 5.74) is -0.912. The van der Waals surface area contributed by atoms with Crippen molar-refractivity contribution in [1.29, 1.82) is 0 Å². The molecule has 0 radical (unpaired) electrons. The molecule has 1 N–H and O–H groups in total. The Morgan fingerprint density at radius 2 is 2.00 bits per heavy atom. The summed E-state index contributed by atoms with van der Waals surface area (Å²) < 4.78 is 50.8. The van der Waals surface area contributed by atoms with E-state index in [4.69, 9.17) is 0 Å². The molecular formula is C12H11F4NO. The summed E-state index contributed by atoms with van der Waals surface area (Å²) in [5, 5.41) is 2.60. The van der Waals surface area contributed by atoms with Crippen molar-refractivity contribution in [1.82, 2.24) is 5.32 Å². The molecule has 1 fully saturated rings. The third-order valence-electron chi connectivity index (χ3n) is 3.01. The fourth-order valence-electron chi connectivity index (χ4n) is 2.08. The number of carbonyl (C=O) groups excluding carboxylic acids is 1. The van der Waals surface area contributed by atoms with Crippen LogP contribution in [0.1, 0.15) is 29.9 Å². The molecule has 0 bridgehead atoms. The van der Waals surface area contributed by atoms with Crippen molar-refractivity contribution in [2.75, 3.05) is 6.54 Å². The Hall–Kier alpha value is -1.59. The zero-order valence-electron chi connectivity index (χ0n) is 9.35. The minimum Gasteiger partial charge on any atom is -0.356 e. The Labute approximate surface area is 101 Å². The van der Waals surface area contributed by atoms with Crippen LogP contribution in [0.3, 0.4) is 0 Å². The SMILES string of the molecule is O=C1CC(c2ccc(F)c(C(F)(F)F)c2)CCN1. The van der Waals surface area contributed by atoms with Crippen LogP contribution in [0.15, 0.2) is 18.2 Å². The van der Waals surface area contributed by atoms with Crippen molar-refractivity contribution in [3.63, 3.8) is 0 Å². The van der Waals surface area contributed by atoms with Gasteiger partial charge in [-0.15, -0.1) is 0 Å². The van der Waals surface area contributed by atoms with Gasteiger partial charge < -0.3 is 5.32 Å². The fraction of sp³-hybridized carbons (Fsp3) is 0.417. The molecule has 1 aliphatic heterocycles. The molecule has 0 spiro atoms. The second-order valence-corrected chi connectivity index (χ2v) is 4.28. The van der Waals surface area contributed by atoms with Gasteiger partial charge in [0.15, 0.2) is 0 Å². The van der Waals surface area contributed by atoms with E-state index in [2.05, 4.69) is 5.32 Å². The van der Waals surface area contributed by atoms with Gasteiger partial charge in [-0.05, 0) is 30.0 Å². The van der Waals surface area contributed by atoms with Gasteiger partial charge in [0.1, 0.15) is 5.82 Å². The Bertz CT molecular complexity index is 470. The quantitative estimate of drug-likeness (QED) is 0.774. The maximum Gasteiger partial charge on any atom is 0.419 e. The number of rotatable bonds is 1. The van der Waals surface area contributed by atoms with Gasteiger partial charge in [0.25, 0.3) is 0 Å². The van der Waals surface area contributed by atoms with Gasteiger partial charge in [-0.2, -0.15) is 13.2 Å². The first-order valence-corrected chi connectivity index (χ1v) is 5.51. The number of piperidine rings is 1. The van der Waals surface area contributed by atoms with Gasteiger partial charge in [-0.1, -0.05) is 6.07 Å². The molecule has 2 rings (SSSR count). The molecule has 1 unspecified atom stereocenters. The van der Waals surface area contributed by atoms with Crippen molar-refractivity contribution in [3.05, 3.63) is 35.1 Å². The number of halogens is 4. The maximum absolute atomic E-state index is 13.1. The molecule has 1 aromatic carbocycles. The van der Waals surface area contributed by atoms with Gasteiger partial charge in [0, 0.05) is 13.0 Å². The van der Waals surface area contributed by atoms with Gasteiger partial charge in [-0.3, -0.25) is 4.79 Å². The number of benzene rings is 1. The van der Waals surface area contributed by atoms with E-state index in [0.717, 1.165) is 12.1 Å². The molecule has 2 nitrogen and oxygen atoms in total. The van der Waals surface area contributed by atoms with Crippen LogP contribution in [0.2, 0.25) is 0 Å². The van der Waals surface area contributed by atoms with Crippen LogP contribution < -0.4 is 5.32 Å². The Balaban J connectivity index is 2.32. The average molecular weight is 261 g/mol. The van der Waals surface area contributed by atoms with Crippen LogP contribution in [0.5, 0.6) is 0 Å². The normalized spacial score (nSPS) is 20.7. The van der Waals surface area contributed by atoms with Gasteiger partial charge in [-0.25, -0.2) is 4.39 Å². The smallest absolute Gasteiger partial charge is 0.356 e. The van der Waals surface area contributed by atoms with Crippen molar-refractivity contribution in [2.24, 2.45) is 0 Å². The van der Waals surface area contributed by atoms with Crippen LogP contribution in [-0.2, 0) is 11.0 Å². The molecule has 18 heavy (non-hydrogen) atoms. The van der Waals surface area contributed by atoms with Crippen LogP contribution in [0.4, 0.5) is 17.6 Å². The summed E-state index contributed by atoms with van der Waals surface area (Å²) in [6.07, 6.45) is -4.01. The summed E-state index contributed by atoms with van der Waals surface area (Å²) in [7, 11) is 0. The highest BCUT2D eigenvalue weighted by Gasteiger charge is 2.35. The average Bonchev–Trinajstić information content (AvgIpc) is 2.28. The molecule has 1 amide bonds. The highest BCUT2D eigenvalue weighted by atomic mass is 19.4. The van der Waals surface area contributed by atoms with Crippen molar-refractivity contribution >= 4 is 5.91 Å². The van der Waals surface area contributed by atoms with E-state index in [9.17, 15) is 22.4 Å². The molecular weight excluding hydrogens is 250 g/mol. The molecule has 0 saturated carbocycles. The number of nitrogens with one attached hydrogen (secondary N) is 1. The van der Waals surface area contributed by atoms with Crippen LogP contribution in [-0.4, -0.2) is 12.5 Å². The van der Waals surface area contributed by atoms with E-state index in [0.29, 0.717) is 18.5 Å². The lowest BCUT2D eigenvalue weighted by molar-refractivity contribution is -0.140. The topological polar surface area (TPSA) is 29.1 Å². The number of hydrogen-bond acceptors (Lipinski definition) is 1. The molecule has 6 heteroatoms. The summed E-state index contributed by atoms with van der Waals surface area (Å²) in [5.74, 6) is -1.75. The zero-order chi connectivity index (χ0) is 13.3. The van der Waals surface area contributed by atoms with Crippen LogP contribution in [0, 0.1) is 5.82 Å². The van der Waals surface area contributed by atoms with Crippen molar-refractivity contribution in [2.45, 2.75) is 24.9 Å². The van der Waals surface area contributed by atoms with E-state index in [1.165, 1.54) is 6.07 Å². The lowest BCUT2D eigenvalue weighted by atomic mass is 9.89. The Morgan fingerprint density at radius 3 is 2.61 bits per heavy atom. The first kappa shape index (κ1) is 12.9. The monoisotopic (exact) mass is 261 g/mol. The largest absolute Gasteiger partial charge is 0.419 e. The molecule has 1 aromatic rings.